The van der Waals surface area contributed by atoms with Crippen molar-refractivity contribution in [3.63, 3.8) is 0 Å². The highest BCUT2D eigenvalue weighted by atomic mass is 16.5. The van der Waals surface area contributed by atoms with E-state index in [9.17, 15) is 9.59 Å². The second-order valence-corrected chi connectivity index (χ2v) is 5.89. The maximum absolute atomic E-state index is 12.3. The summed E-state index contributed by atoms with van der Waals surface area (Å²) in [7, 11) is 0. The van der Waals surface area contributed by atoms with Gasteiger partial charge in [0.15, 0.2) is 0 Å². The van der Waals surface area contributed by atoms with Crippen molar-refractivity contribution < 1.29 is 14.3 Å². The first kappa shape index (κ1) is 16.8. The molecule has 2 rings (SSSR count). The van der Waals surface area contributed by atoms with Crippen LogP contribution in [-0.4, -0.2) is 16.4 Å². The summed E-state index contributed by atoms with van der Waals surface area (Å²) >= 11 is 0. The van der Waals surface area contributed by atoms with E-state index in [0.29, 0.717) is 11.1 Å². The fourth-order valence-corrected chi connectivity index (χ4v) is 2.77. The van der Waals surface area contributed by atoms with E-state index in [1.165, 1.54) is 0 Å². The number of rotatable bonds is 5. The summed E-state index contributed by atoms with van der Waals surface area (Å²) < 4.78 is 7.48. The lowest BCUT2D eigenvalue weighted by atomic mass is 10.1. The van der Waals surface area contributed by atoms with Crippen molar-refractivity contribution in [2.75, 3.05) is 0 Å². The molecule has 0 bridgehead atoms. The minimum atomic E-state index is -0.477. The maximum Gasteiger partial charge on any atom is 0.340 e. The Kier molecular flexibility index (Phi) is 4.89. The van der Waals surface area contributed by atoms with Crippen molar-refractivity contribution in [2.45, 2.75) is 40.3 Å². The number of aromatic nitrogens is 1. The zero-order chi connectivity index (χ0) is 17.1. The highest BCUT2D eigenvalue weighted by molar-refractivity contribution is 5.93. The number of primary amides is 1. The van der Waals surface area contributed by atoms with Crippen LogP contribution in [0.15, 0.2) is 30.3 Å². The Hall–Kier alpha value is -2.56. The van der Waals surface area contributed by atoms with Gasteiger partial charge in [0.2, 0.25) is 5.91 Å². The average Bonchev–Trinajstić information content (AvgIpc) is 2.80. The molecule has 0 saturated heterocycles. The summed E-state index contributed by atoms with van der Waals surface area (Å²) in [6, 6.07) is 8.84. The third-order valence-corrected chi connectivity index (χ3v) is 3.83. The number of ether oxygens (including phenoxy) is 1. The molecular weight excluding hydrogens is 292 g/mol. The Bertz CT molecular complexity index is 727. The lowest BCUT2D eigenvalue weighted by molar-refractivity contribution is 0.0471. The first-order valence-electron chi connectivity index (χ1n) is 7.55. The number of esters is 1. The molecule has 0 fully saturated rings. The Morgan fingerprint density at radius 3 is 2.26 bits per heavy atom. The molecule has 0 saturated carbocycles. The van der Waals surface area contributed by atoms with Gasteiger partial charge in [0.1, 0.15) is 6.61 Å². The van der Waals surface area contributed by atoms with Gasteiger partial charge in [0, 0.05) is 23.0 Å². The lowest BCUT2D eigenvalue weighted by Crippen LogP contribution is -2.11. The summed E-state index contributed by atoms with van der Waals surface area (Å²) in [5.74, 6) is -0.821. The van der Waals surface area contributed by atoms with Gasteiger partial charge in [-0.2, -0.15) is 0 Å². The van der Waals surface area contributed by atoms with Crippen LogP contribution in [0.4, 0.5) is 0 Å². The van der Waals surface area contributed by atoms with E-state index in [1.54, 1.807) is 24.3 Å². The van der Waals surface area contributed by atoms with Crippen molar-refractivity contribution in [2.24, 2.45) is 5.73 Å². The zero-order valence-corrected chi connectivity index (χ0v) is 13.9. The van der Waals surface area contributed by atoms with Crippen LogP contribution in [0.3, 0.4) is 0 Å². The number of nitrogens with two attached hydrogens (primary N) is 1. The van der Waals surface area contributed by atoms with Crippen LogP contribution in [0.1, 0.15) is 57.6 Å². The van der Waals surface area contributed by atoms with Crippen molar-refractivity contribution in [1.82, 2.24) is 4.57 Å². The molecule has 1 amide bonds. The monoisotopic (exact) mass is 314 g/mol. The van der Waals surface area contributed by atoms with Gasteiger partial charge in [-0.05, 0) is 51.5 Å². The number of carbonyl (C=O) groups excluding carboxylic acids is 2. The predicted octanol–water partition coefficient (Wildman–Crippen LogP) is 3.14. The molecule has 5 nitrogen and oxygen atoms in total. The van der Waals surface area contributed by atoms with E-state index in [1.807, 2.05) is 19.9 Å². The smallest absolute Gasteiger partial charge is 0.340 e. The first-order valence-corrected chi connectivity index (χ1v) is 7.55. The Morgan fingerprint density at radius 2 is 1.78 bits per heavy atom. The third kappa shape index (κ3) is 3.62. The molecule has 0 unspecified atom stereocenters. The van der Waals surface area contributed by atoms with Crippen LogP contribution in [-0.2, 0) is 11.3 Å². The Labute approximate surface area is 136 Å². The van der Waals surface area contributed by atoms with Gasteiger partial charge in [-0.15, -0.1) is 0 Å². The molecule has 2 N–H and O–H groups in total. The molecule has 0 atom stereocenters. The van der Waals surface area contributed by atoms with Crippen LogP contribution in [0, 0.1) is 13.8 Å². The Balaban J connectivity index is 2.08. The van der Waals surface area contributed by atoms with E-state index < -0.39 is 5.91 Å². The molecule has 0 aliphatic heterocycles. The van der Waals surface area contributed by atoms with E-state index in [2.05, 4.69) is 18.4 Å². The lowest BCUT2D eigenvalue weighted by Gasteiger charge is -2.13. The van der Waals surface area contributed by atoms with Crippen LogP contribution in [0.2, 0.25) is 0 Å². The summed E-state index contributed by atoms with van der Waals surface area (Å²) in [5, 5.41) is 0. The normalized spacial score (nSPS) is 10.8. The highest BCUT2D eigenvalue weighted by Gasteiger charge is 2.18. The number of carbonyl (C=O) groups is 2. The molecule has 122 valence electrons. The van der Waals surface area contributed by atoms with Crippen molar-refractivity contribution in [1.29, 1.82) is 0 Å². The number of hydrogen-bond acceptors (Lipinski definition) is 3. The minimum Gasteiger partial charge on any atom is -0.457 e. The number of amides is 1. The topological polar surface area (TPSA) is 74.3 Å². The van der Waals surface area contributed by atoms with Crippen molar-refractivity contribution >= 4 is 11.9 Å². The molecule has 1 aromatic heterocycles. The van der Waals surface area contributed by atoms with E-state index in [4.69, 9.17) is 10.5 Å². The molecule has 0 spiro atoms. The molecule has 5 heteroatoms. The molecule has 1 aromatic carbocycles. The largest absolute Gasteiger partial charge is 0.457 e. The number of nitrogens with zero attached hydrogens (tertiary/aromatic N) is 1. The summed E-state index contributed by atoms with van der Waals surface area (Å²) in [6.07, 6.45) is 0. The molecule has 2 aromatic rings. The van der Waals surface area contributed by atoms with Crippen LogP contribution >= 0.6 is 0 Å². The SMILES string of the molecule is Cc1cc(C(=O)OCc2ccc(C(N)=O)cc2)c(C)n1C(C)C. The van der Waals surface area contributed by atoms with Crippen molar-refractivity contribution in [3.05, 3.63) is 58.4 Å². The molecule has 0 aliphatic carbocycles. The zero-order valence-electron chi connectivity index (χ0n) is 13.9. The van der Waals surface area contributed by atoms with Gasteiger partial charge in [-0.3, -0.25) is 4.79 Å². The van der Waals surface area contributed by atoms with Gasteiger partial charge in [0.05, 0.1) is 5.56 Å². The third-order valence-electron chi connectivity index (χ3n) is 3.83. The van der Waals surface area contributed by atoms with Gasteiger partial charge in [0.25, 0.3) is 0 Å². The molecular formula is C18H22N2O3. The number of benzene rings is 1. The van der Waals surface area contributed by atoms with Gasteiger partial charge in [-0.25, -0.2) is 4.79 Å². The second-order valence-electron chi connectivity index (χ2n) is 5.89. The van der Waals surface area contributed by atoms with E-state index >= 15 is 0 Å². The molecule has 0 aliphatic rings. The second kappa shape index (κ2) is 6.69. The van der Waals surface area contributed by atoms with Crippen LogP contribution in [0.5, 0.6) is 0 Å². The summed E-state index contributed by atoms with van der Waals surface area (Å²) in [6.45, 7) is 8.21. The summed E-state index contributed by atoms with van der Waals surface area (Å²) in [5.41, 5.74) is 8.96. The number of aryl methyl sites for hydroxylation is 1. The van der Waals surface area contributed by atoms with Crippen LogP contribution in [0.25, 0.3) is 0 Å². The standard InChI is InChI=1S/C18H22N2O3/c1-11(2)20-12(3)9-16(13(20)4)18(22)23-10-14-5-7-15(8-6-14)17(19)21/h5-9,11H,10H2,1-4H3,(H2,19,21). The predicted molar refractivity (Wildman–Crippen MR) is 88.4 cm³/mol. The van der Waals surface area contributed by atoms with Gasteiger partial charge >= 0.3 is 5.97 Å². The summed E-state index contributed by atoms with van der Waals surface area (Å²) in [4.78, 5) is 23.3. The fraction of sp³-hybridized carbons (Fsp3) is 0.333. The van der Waals surface area contributed by atoms with E-state index in [0.717, 1.165) is 17.0 Å². The molecule has 1 heterocycles. The quantitative estimate of drug-likeness (QED) is 0.862. The minimum absolute atomic E-state index is 0.156. The Morgan fingerprint density at radius 1 is 1.17 bits per heavy atom. The average molecular weight is 314 g/mol. The van der Waals surface area contributed by atoms with Crippen LogP contribution < -0.4 is 5.73 Å². The maximum atomic E-state index is 12.3. The molecule has 0 radical (unpaired) electrons. The highest BCUT2D eigenvalue weighted by Crippen LogP contribution is 2.21. The fourth-order valence-electron chi connectivity index (χ4n) is 2.77. The van der Waals surface area contributed by atoms with Gasteiger partial charge in [-0.1, -0.05) is 12.1 Å². The van der Waals surface area contributed by atoms with Crippen molar-refractivity contribution in [3.8, 4) is 0 Å². The molecule has 23 heavy (non-hydrogen) atoms. The van der Waals surface area contributed by atoms with E-state index in [-0.39, 0.29) is 18.6 Å². The van der Waals surface area contributed by atoms with Gasteiger partial charge < -0.3 is 15.0 Å². The first-order chi connectivity index (χ1) is 10.8. The number of hydrogen-bond donors (Lipinski definition) is 1.